The van der Waals surface area contributed by atoms with Gasteiger partial charge in [-0.25, -0.2) is 13.2 Å². The van der Waals surface area contributed by atoms with Gasteiger partial charge in [-0.3, -0.25) is 4.79 Å². The Morgan fingerprint density at radius 2 is 1.86 bits per heavy atom. The third kappa shape index (κ3) is 4.33. The Hall–Kier alpha value is -1.65. The molecule has 1 heterocycles. The Morgan fingerprint density at radius 1 is 1.18 bits per heavy atom. The lowest BCUT2D eigenvalue weighted by molar-refractivity contribution is -0.0920. The summed E-state index contributed by atoms with van der Waals surface area (Å²) < 4.78 is 43.2. The van der Waals surface area contributed by atoms with Gasteiger partial charge in [-0.05, 0) is 66.5 Å². The molecule has 1 aliphatic rings. The van der Waals surface area contributed by atoms with Crippen LogP contribution in [0.25, 0.3) is 0 Å². The molecular formula is C20H20F3IN2O2. The third-order valence-electron chi connectivity index (χ3n) is 4.68. The Morgan fingerprint density at radius 3 is 2.46 bits per heavy atom. The number of carbonyl (C=O) groups excluding carboxylic acids is 1. The Balaban J connectivity index is 1.88. The van der Waals surface area contributed by atoms with Gasteiger partial charge < -0.3 is 14.9 Å². The fourth-order valence-electron chi connectivity index (χ4n) is 3.49. The minimum atomic E-state index is -1.16. The third-order valence-corrected chi connectivity index (χ3v) is 5.35. The Labute approximate surface area is 175 Å². The Bertz CT molecular complexity index is 915. The first kappa shape index (κ1) is 21.1. The highest BCUT2D eigenvalue weighted by atomic mass is 127. The van der Waals surface area contributed by atoms with Crippen LogP contribution in [0.5, 0.6) is 0 Å². The van der Waals surface area contributed by atoms with Gasteiger partial charge in [-0.2, -0.15) is 0 Å². The summed E-state index contributed by atoms with van der Waals surface area (Å²) in [5.41, 5.74) is -1.07. The molecule has 0 aliphatic carbocycles. The second-order valence-electron chi connectivity index (χ2n) is 7.42. The van der Waals surface area contributed by atoms with Crippen LogP contribution in [0, 0.1) is 21.0 Å². The average molecular weight is 504 g/mol. The van der Waals surface area contributed by atoms with Crippen LogP contribution in [0.1, 0.15) is 21.5 Å². The number of likely N-dealkylation sites (N-methyl/N-ethyl adjacent to an activating group) is 1. The summed E-state index contributed by atoms with van der Waals surface area (Å²) in [6, 6.07) is 6.56. The van der Waals surface area contributed by atoms with Crippen molar-refractivity contribution in [3.8, 4) is 0 Å². The number of carbonyl (C=O) groups is 1. The lowest BCUT2D eigenvalue weighted by Crippen LogP contribution is -2.67. The highest BCUT2D eigenvalue weighted by Crippen LogP contribution is 2.28. The smallest absolute Gasteiger partial charge is 0.254 e. The fraction of sp³-hybridized carbons (Fsp3) is 0.350. The molecule has 1 aliphatic heterocycles. The van der Waals surface area contributed by atoms with Gasteiger partial charge in [-0.15, -0.1) is 0 Å². The van der Waals surface area contributed by atoms with Crippen molar-refractivity contribution in [1.82, 2.24) is 9.80 Å². The van der Waals surface area contributed by atoms with Crippen molar-refractivity contribution >= 4 is 28.5 Å². The molecule has 0 aromatic heterocycles. The topological polar surface area (TPSA) is 43.8 Å². The first-order valence-electron chi connectivity index (χ1n) is 8.67. The van der Waals surface area contributed by atoms with Gasteiger partial charge in [0.2, 0.25) is 0 Å². The zero-order valence-electron chi connectivity index (χ0n) is 15.5. The van der Waals surface area contributed by atoms with E-state index in [1.54, 1.807) is 6.07 Å². The predicted octanol–water partition coefficient (Wildman–Crippen LogP) is 3.05. The molecule has 1 fully saturated rings. The monoisotopic (exact) mass is 504 g/mol. The maximum absolute atomic E-state index is 14.5. The van der Waals surface area contributed by atoms with E-state index in [9.17, 15) is 23.1 Å². The molecule has 1 amide bonds. The molecule has 0 saturated carbocycles. The van der Waals surface area contributed by atoms with Crippen molar-refractivity contribution in [2.24, 2.45) is 0 Å². The van der Waals surface area contributed by atoms with Crippen molar-refractivity contribution in [3.05, 3.63) is 68.0 Å². The van der Waals surface area contributed by atoms with Gasteiger partial charge in [0.1, 0.15) is 11.4 Å². The van der Waals surface area contributed by atoms with Gasteiger partial charge in [0, 0.05) is 27.7 Å². The van der Waals surface area contributed by atoms with E-state index in [1.165, 1.54) is 23.1 Å². The number of β-amino-alcohol motifs (C(OH)–C–C–N with tert-alkyl or cyclic N) is 1. The van der Waals surface area contributed by atoms with Crippen molar-refractivity contribution in [2.75, 3.05) is 33.7 Å². The standard InChI is InChI=1S/C20H20F3IN2O2/c1-25(2)9-20(28)10-26(11-20)19(27)14-5-6-16(21)18(23)15(14)7-12-3-4-13(24)8-17(12)22/h3-6,8,28H,7,9-11H2,1-2H3. The van der Waals surface area contributed by atoms with Crippen LogP contribution in [0.15, 0.2) is 30.3 Å². The number of aliphatic hydroxyl groups is 1. The van der Waals surface area contributed by atoms with Crippen LogP contribution in [-0.2, 0) is 6.42 Å². The summed E-state index contributed by atoms with van der Waals surface area (Å²) in [5, 5.41) is 10.4. The molecule has 2 aromatic carbocycles. The minimum Gasteiger partial charge on any atom is -0.385 e. The van der Waals surface area contributed by atoms with Crippen molar-refractivity contribution < 1.29 is 23.1 Å². The fourth-order valence-corrected chi connectivity index (χ4v) is 3.94. The summed E-state index contributed by atoms with van der Waals surface area (Å²) in [5.74, 6) is -3.31. The second kappa shape index (κ2) is 8.00. The number of nitrogens with zero attached hydrogens (tertiary/aromatic N) is 2. The molecule has 150 valence electrons. The SMILES string of the molecule is CN(C)CC1(O)CN(C(=O)c2ccc(F)c(F)c2Cc2ccc(I)cc2F)C1. The van der Waals surface area contributed by atoms with E-state index >= 15 is 0 Å². The van der Waals surface area contributed by atoms with Gasteiger partial charge in [0.25, 0.3) is 5.91 Å². The number of amides is 1. The van der Waals surface area contributed by atoms with E-state index in [2.05, 4.69) is 0 Å². The molecule has 0 radical (unpaired) electrons. The summed E-state index contributed by atoms with van der Waals surface area (Å²) in [6.45, 7) is 0.579. The van der Waals surface area contributed by atoms with Crippen LogP contribution in [0.2, 0.25) is 0 Å². The van der Waals surface area contributed by atoms with E-state index in [-0.39, 0.29) is 36.2 Å². The molecule has 0 bridgehead atoms. The number of likely N-dealkylation sites (tertiary alicyclic amines) is 1. The highest BCUT2D eigenvalue weighted by Gasteiger charge is 2.44. The maximum Gasteiger partial charge on any atom is 0.254 e. The van der Waals surface area contributed by atoms with Crippen molar-refractivity contribution in [1.29, 1.82) is 0 Å². The van der Waals surface area contributed by atoms with E-state index < -0.39 is 29.0 Å². The van der Waals surface area contributed by atoms with E-state index in [1.807, 2.05) is 41.6 Å². The summed E-state index contributed by atoms with van der Waals surface area (Å²) in [6.07, 6.45) is -0.247. The first-order valence-corrected chi connectivity index (χ1v) is 9.75. The first-order chi connectivity index (χ1) is 13.1. The number of benzene rings is 2. The van der Waals surface area contributed by atoms with E-state index in [0.717, 1.165) is 6.07 Å². The van der Waals surface area contributed by atoms with Crippen LogP contribution in [0.3, 0.4) is 0 Å². The maximum atomic E-state index is 14.5. The van der Waals surface area contributed by atoms with Crippen LogP contribution in [-0.4, -0.2) is 60.1 Å². The van der Waals surface area contributed by atoms with Crippen LogP contribution >= 0.6 is 22.6 Å². The highest BCUT2D eigenvalue weighted by molar-refractivity contribution is 14.1. The molecule has 2 aromatic rings. The lowest BCUT2D eigenvalue weighted by Gasteiger charge is -2.47. The minimum absolute atomic E-state index is 0.0243. The number of hydrogen-bond acceptors (Lipinski definition) is 3. The molecule has 1 saturated heterocycles. The second-order valence-corrected chi connectivity index (χ2v) is 8.67. The van der Waals surface area contributed by atoms with Gasteiger partial charge in [0.15, 0.2) is 11.6 Å². The molecule has 8 heteroatoms. The largest absolute Gasteiger partial charge is 0.385 e. The molecule has 1 N–H and O–H groups in total. The van der Waals surface area contributed by atoms with Crippen LogP contribution in [0.4, 0.5) is 13.2 Å². The normalized spacial score (nSPS) is 15.6. The van der Waals surface area contributed by atoms with Crippen LogP contribution < -0.4 is 0 Å². The van der Waals surface area contributed by atoms with Gasteiger partial charge in [-0.1, -0.05) is 6.07 Å². The summed E-state index contributed by atoms with van der Waals surface area (Å²) in [4.78, 5) is 16.0. The zero-order valence-corrected chi connectivity index (χ0v) is 17.6. The average Bonchev–Trinajstić information content (AvgIpc) is 2.57. The van der Waals surface area contributed by atoms with Gasteiger partial charge in [0.05, 0.1) is 13.1 Å². The van der Waals surface area contributed by atoms with E-state index in [4.69, 9.17) is 0 Å². The number of hydrogen-bond donors (Lipinski definition) is 1. The van der Waals surface area contributed by atoms with Crippen molar-refractivity contribution in [3.63, 3.8) is 0 Å². The molecule has 4 nitrogen and oxygen atoms in total. The summed E-state index contributed by atoms with van der Waals surface area (Å²) >= 11 is 1.95. The van der Waals surface area contributed by atoms with E-state index in [0.29, 0.717) is 10.1 Å². The van der Waals surface area contributed by atoms with Gasteiger partial charge >= 0.3 is 0 Å². The molecule has 3 rings (SSSR count). The Kier molecular flexibility index (Phi) is 6.02. The lowest BCUT2D eigenvalue weighted by atomic mass is 9.91. The molecule has 28 heavy (non-hydrogen) atoms. The number of halogens is 4. The molecule has 0 atom stereocenters. The number of rotatable bonds is 5. The molecule has 0 unspecified atom stereocenters. The van der Waals surface area contributed by atoms with Crippen molar-refractivity contribution in [2.45, 2.75) is 12.0 Å². The summed E-state index contributed by atoms with van der Waals surface area (Å²) in [7, 11) is 3.62. The molecular weight excluding hydrogens is 484 g/mol. The quantitative estimate of drug-likeness (QED) is 0.638. The molecule has 0 spiro atoms. The predicted molar refractivity (Wildman–Crippen MR) is 108 cm³/mol. The zero-order chi connectivity index (χ0) is 20.6.